The minimum absolute atomic E-state index is 0.119. The summed E-state index contributed by atoms with van der Waals surface area (Å²) in [5.41, 5.74) is 0. The number of rotatable bonds is 40. The summed E-state index contributed by atoms with van der Waals surface area (Å²) in [6.07, 6.45) is 57.5. The highest BCUT2D eigenvalue weighted by Gasteiger charge is 2.19. The Morgan fingerprint density at radius 2 is 0.825 bits per heavy atom. The first-order valence-electron chi connectivity index (χ1n) is 23.1. The van der Waals surface area contributed by atoms with Gasteiger partial charge in [-0.1, -0.05) is 215 Å². The van der Waals surface area contributed by atoms with Gasteiger partial charge in [-0.25, -0.2) is 0 Å². The van der Waals surface area contributed by atoms with Crippen LogP contribution in [0.5, 0.6) is 0 Å². The third-order valence-corrected chi connectivity index (χ3v) is 9.52. The van der Waals surface area contributed by atoms with Crippen LogP contribution >= 0.6 is 0 Å². The van der Waals surface area contributed by atoms with Crippen LogP contribution in [0.3, 0.4) is 0 Å². The van der Waals surface area contributed by atoms with Gasteiger partial charge in [-0.15, -0.1) is 0 Å². The van der Waals surface area contributed by atoms with E-state index in [1.54, 1.807) is 6.08 Å². The van der Waals surface area contributed by atoms with Crippen LogP contribution in [0.4, 0.5) is 0 Å². The second-order valence-electron chi connectivity index (χ2n) is 15.0. The van der Waals surface area contributed by atoms with Crippen molar-refractivity contribution < 1.29 is 28.6 Å². The number of ether oxygens (including phenoxy) is 3. The first kappa shape index (κ1) is 53.6. The molecule has 0 bridgehead atoms. The zero-order chi connectivity index (χ0) is 41.5. The number of hydrogen-bond acceptors (Lipinski definition) is 6. The van der Waals surface area contributed by atoms with Crippen LogP contribution in [0.2, 0.25) is 0 Å². The van der Waals surface area contributed by atoms with Crippen molar-refractivity contribution in [3.63, 3.8) is 0 Å². The first-order chi connectivity index (χ1) is 28.0. The summed E-state index contributed by atoms with van der Waals surface area (Å²) >= 11 is 0. The Labute approximate surface area is 350 Å². The Morgan fingerprint density at radius 1 is 0.404 bits per heavy atom. The molecule has 0 N–H and O–H groups in total. The zero-order valence-corrected chi connectivity index (χ0v) is 36.8. The Kier molecular flexibility index (Phi) is 42.6. The van der Waals surface area contributed by atoms with Crippen molar-refractivity contribution in [1.29, 1.82) is 0 Å². The molecule has 324 valence electrons. The molecule has 0 aromatic heterocycles. The van der Waals surface area contributed by atoms with Crippen molar-refractivity contribution in [3.05, 3.63) is 85.1 Å². The van der Waals surface area contributed by atoms with E-state index in [1.807, 2.05) is 42.5 Å². The van der Waals surface area contributed by atoms with Crippen LogP contribution in [0.25, 0.3) is 0 Å². The van der Waals surface area contributed by atoms with Crippen molar-refractivity contribution in [1.82, 2.24) is 0 Å². The quantitative estimate of drug-likeness (QED) is 0.0202. The number of carbonyl (C=O) groups excluding carboxylic acids is 3. The molecule has 6 nitrogen and oxygen atoms in total. The first-order valence-corrected chi connectivity index (χ1v) is 23.1. The maximum Gasteiger partial charge on any atom is 0.309 e. The van der Waals surface area contributed by atoms with Gasteiger partial charge in [0, 0.05) is 12.8 Å². The van der Waals surface area contributed by atoms with Crippen molar-refractivity contribution in [2.24, 2.45) is 0 Å². The van der Waals surface area contributed by atoms with E-state index in [1.165, 1.54) is 89.9 Å². The highest BCUT2D eigenvalue weighted by Crippen LogP contribution is 2.15. The molecular weight excluding hydrogens is 709 g/mol. The van der Waals surface area contributed by atoms with Gasteiger partial charge in [0.05, 0.1) is 6.42 Å². The van der Waals surface area contributed by atoms with E-state index in [4.69, 9.17) is 14.2 Å². The van der Waals surface area contributed by atoms with Gasteiger partial charge in [-0.05, 0) is 51.4 Å². The predicted molar refractivity (Wildman–Crippen MR) is 242 cm³/mol. The van der Waals surface area contributed by atoms with Crippen LogP contribution < -0.4 is 0 Å². The van der Waals surface area contributed by atoms with E-state index in [9.17, 15) is 14.4 Å². The van der Waals surface area contributed by atoms with Crippen LogP contribution in [-0.2, 0) is 28.6 Å². The monoisotopic (exact) mass is 793 g/mol. The van der Waals surface area contributed by atoms with E-state index in [2.05, 4.69) is 57.2 Å². The van der Waals surface area contributed by atoms with Gasteiger partial charge in [0.25, 0.3) is 0 Å². The van der Waals surface area contributed by atoms with Gasteiger partial charge < -0.3 is 14.2 Å². The largest absolute Gasteiger partial charge is 0.462 e. The summed E-state index contributed by atoms with van der Waals surface area (Å²) in [4.78, 5) is 37.6. The van der Waals surface area contributed by atoms with E-state index in [0.717, 1.165) is 64.2 Å². The fourth-order valence-electron chi connectivity index (χ4n) is 6.10. The zero-order valence-electron chi connectivity index (χ0n) is 36.8. The molecule has 0 saturated carbocycles. The van der Waals surface area contributed by atoms with E-state index >= 15 is 0 Å². The summed E-state index contributed by atoms with van der Waals surface area (Å²) in [6.45, 7) is 6.23. The highest BCUT2D eigenvalue weighted by molar-refractivity contribution is 5.72. The van der Waals surface area contributed by atoms with Crippen LogP contribution in [-0.4, -0.2) is 37.2 Å². The SMILES string of the molecule is CC\C=C/C=C\C=C/C=C\CCCCCC(=O)OC(COC(=O)C/C=C\C/C=C\C/C=C\CC)COC(=O)CCCCCCCCCCCCCCCCCCC. The summed E-state index contributed by atoms with van der Waals surface area (Å²) in [6, 6.07) is 0. The van der Waals surface area contributed by atoms with E-state index in [0.29, 0.717) is 12.8 Å². The highest BCUT2D eigenvalue weighted by atomic mass is 16.6. The lowest BCUT2D eigenvalue weighted by atomic mass is 10.0. The molecule has 1 unspecified atom stereocenters. The molecule has 0 aliphatic rings. The lowest BCUT2D eigenvalue weighted by molar-refractivity contribution is -0.166. The molecule has 57 heavy (non-hydrogen) atoms. The number of allylic oxidation sites excluding steroid dienone is 13. The molecular formula is C51H84O6. The van der Waals surface area contributed by atoms with Gasteiger partial charge in [0.2, 0.25) is 0 Å². The molecule has 0 radical (unpaired) electrons. The third kappa shape index (κ3) is 43.6. The van der Waals surface area contributed by atoms with Crippen LogP contribution in [0.1, 0.15) is 201 Å². The second kappa shape index (κ2) is 45.3. The van der Waals surface area contributed by atoms with Crippen LogP contribution in [0, 0.1) is 0 Å². The summed E-state index contributed by atoms with van der Waals surface area (Å²) in [5, 5.41) is 0. The van der Waals surface area contributed by atoms with Gasteiger partial charge in [-0.2, -0.15) is 0 Å². The third-order valence-electron chi connectivity index (χ3n) is 9.52. The summed E-state index contributed by atoms with van der Waals surface area (Å²) in [5.74, 6) is -1.09. The molecule has 0 saturated heterocycles. The maximum atomic E-state index is 12.7. The lowest BCUT2D eigenvalue weighted by Crippen LogP contribution is -2.30. The summed E-state index contributed by atoms with van der Waals surface area (Å²) < 4.78 is 16.6. The van der Waals surface area contributed by atoms with Crippen molar-refractivity contribution in [3.8, 4) is 0 Å². The lowest BCUT2D eigenvalue weighted by Gasteiger charge is -2.18. The molecule has 6 heteroatoms. The molecule has 0 aliphatic carbocycles. The average Bonchev–Trinajstić information content (AvgIpc) is 3.21. The number of hydrogen-bond donors (Lipinski definition) is 0. The normalized spacial score (nSPS) is 12.8. The molecule has 0 aromatic carbocycles. The smallest absolute Gasteiger partial charge is 0.309 e. The molecule has 1 atom stereocenters. The predicted octanol–water partition coefficient (Wildman–Crippen LogP) is 14.9. The van der Waals surface area contributed by atoms with Gasteiger partial charge in [-0.3, -0.25) is 14.4 Å². The van der Waals surface area contributed by atoms with Crippen molar-refractivity contribution in [2.45, 2.75) is 207 Å². The van der Waals surface area contributed by atoms with Gasteiger partial charge >= 0.3 is 17.9 Å². The Morgan fingerprint density at radius 3 is 1.37 bits per heavy atom. The molecule has 0 fully saturated rings. The Hall–Kier alpha value is -3.41. The maximum absolute atomic E-state index is 12.7. The molecule has 0 heterocycles. The summed E-state index contributed by atoms with van der Waals surface area (Å²) in [7, 11) is 0. The fourth-order valence-corrected chi connectivity index (χ4v) is 6.10. The average molecular weight is 793 g/mol. The molecule has 0 amide bonds. The van der Waals surface area contributed by atoms with E-state index < -0.39 is 12.1 Å². The fraction of sp³-hybridized carbons (Fsp3) is 0.667. The Balaban J connectivity index is 4.43. The van der Waals surface area contributed by atoms with Gasteiger partial charge in [0.15, 0.2) is 6.10 Å². The molecule has 0 rings (SSSR count). The minimum Gasteiger partial charge on any atom is -0.462 e. The van der Waals surface area contributed by atoms with Gasteiger partial charge in [0.1, 0.15) is 13.2 Å². The molecule has 0 spiro atoms. The van der Waals surface area contributed by atoms with Crippen molar-refractivity contribution in [2.75, 3.05) is 13.2 Å². The number of unbranched alkanes of at least 4 members (excludes halogenated alkanes) is 19. The standard InChI is InChI=1S/C51H84O6/c1-4-7-10-13-16-19-21-23-24-25-26-28-29-32-35-38-41-44-50(53)56-47-48(46-55-49(52)43-40-37-34-31-18-15-12-9-6-3)57-51(54)45-42-39-36-33-30-27-22-20-17-14-11-8-5-2/h8-9,11-12,14,17-18,20,22,27,30-31,37,40,48H,4-7,10,13,15-16,19,21,23-26,28-29,32-36,38-39,41-47H2,1-3H3/b11-8-,12-9-,17-14-,22-20-,30-27-,31-18-,40-37-. The Bertz CT molecular complexity index is 1140. The molecule has 0 aromatic rings. The minimum atomic E-state index is -0.828. The van der Waals surface area contributed by atoms with Crippen LogP contribution in [0.15, 0.2) is 85.1 Å². The topological polar surface area (TPSA) is 78.9 Å². The van der Waals surface area contributed by atoms with E-state index in [-0.39, 0.29) is 38.0 Å². The number of esters is 3. The van der Waals surface area contributed by atoms with Crippen molar-refractivity contribution >= 4 is 17.9 Å². The second-order valence-corrected chi connectivity index (χ2v) is 15.0. The molecule has 0 aliphatic heterocycles. The number of carbonyl (C=O) groups is 3.